The summed E-state index contributed by atoms with van der Waals surface area (Å²) in [6, 6.07) is 3.70. The molecule has 3 aromatic heterocycles. The number of hydrogen-bond acceptors (Lipinski definition) is 9. The first-order valence-corrected chi connectivity index (χ1v) is 12.4. The van der Waals surface area contributed by atoms with Gasteiger partial charge in [0, 0.05) is 37.6 Å². The zero-order chi connectivity index (χ0) is 25.3. The molecule has 1 aliphatic carbocycles. The van der Waals surface area contributed by atoms with Gasteiger partial charge in [0.1, 0.15) is 36.3 Å². The normalized spacial score (nSPS) is 23.3. The molecule has 0 radical (unpaired) electrons. The maximum Gasteiger partial charge on any atom is 0.335 e. The smallest absolute Gasteiger partial charge is 0.335 e. The van der Waals surface area contributed by atoms with E-state index in [2.05, 4.69) is 15.3 Å². The van der Waals surface area contributed by atoms with Gasteiger partial charge in [0.05, 0.1) is 17.6 Å². The topological polar surface area (TPSA) is 149 Å². The lowest BCUT2D eigenvalue weighted by molar-refractivity contribution is 0.0248. The molecular weight excluding hydrogens is 505 g/mol. The van der Waals surface area contributed by atoms with E-state index in [1.165, 1.54) is 12.5 Å². The number of anilines is 1. The average Bonchev–Trinajstić information content (AvgIpc) is 3.56. The molecule has 3 N–H and O–H groups in total. The van der Waals surface area contributed by atoms with Crippen LogP contribution in [0.2, 0.25) is 5.22 Å². The van der Waals surface area contributed by atoms with Crippen LogP contribution in [0.25, 0.3) is 0 Å². The summed E-state index contributed by atoms with van der Waals surface area (Å²) >= 11 is 5.85. The van der Waals surface area contributed by atoms with Gasteiger partial charge in [0.15, 0.2) is 11.0 Å². The molecule has 0 saturated heterocycles. The summed E-state index contributed by atoms with van der Waals surface area (Å²) in [5.41, 5.74) is 0.407. The van der Waals surface area contributed by atoms with E-state index >= 15 is 0 Å². The lowest BCUT2D eigenvalue weighted by atomic mass is 10.1. The third kappa shape index (κ3) is 5.38. The number of carbonyl (C=O) groups is 1. The maximum atomic E-state index is 14.7. The lowest BCUT2D eigenvalue weighted by Gasteiger charge is -2.17. The van der Waals surface area contributed by atoms with Crippen molar-refractivity contribution < 1.29 is 31.3 Å². The number of alkyl halides is 1. The van der Waals surface area contributed by atoms with Crippen LogP contribution in [-0.4, -0.2) is 65.3 Å². The summed E-state index contributed by atoms with van der Waals surface area (Å²) < 4.78 is 52.0. The summed E-state index contributed by atoms with van der Waals surface area (Å²) in [5.74, 6) is 0.234. The molecule has 11 nitrogen and oxygen atoms in total. The molecule has 1 fully saturated rings. The molecule has 1 saturated carbocycles. The number of hydrogen-bond donors (Lipinski definition) is 3. The van der Waals surface area contributed by atoms with Crippen molar-refractivity contribution in [1.29, 1.82) is 0 Å². The fourth-order valence-electron chi connectivity index (χ4n) is 3.84. The van der Waals surface area contributed by atoms with Crippen molar-refractivity contribution in [3.05, 3.63) is 65.2 Å². The maximum absolute atomic E-state index is 14.7. The Hall–Kier alpha value is -2.84. The molecule has 0 amide bonds. The minimum Gasteiger partial charge on any atom is -0.448 e. The van der Waals surface area contributed by atoms with Crippen LogP contribution in [0.1, 0.15) is 41.1 Å². The number of nitrogens with one attached hydrogen (secondary N) is 2. The van der Waals surface area contributed by atoms with Gasteiger partial charge in [-0.15, -0.1) is 0 Å². The number of aromatic nitrogens is 3. The minimum atomic E-state index is -4.14. The van der Waals surface area contributed by atoms with Crippen molar-refractivity contribution in [3.8, 4) is 0 Å². The zero-order valence-corrected chi connectivity index (χ0v) is 20.2. The fourth-order valence-corrected chi connectivity index (χ4v) is 4.60. The second-order valence-corrected chi connectivity index (χ2v) is 9.88. The van der Waals surface area contributed by atoms with Gasteiger partial charge in [-0.3, -0.25) is 8.98 Å². The predicted molar refractivity (Wildman–Crippen MR) is 123 cm³/mol. The van der Waals surface area contributed by atoms with Crippen molar-refractivity contribution in [2.75, 3.05) is 12.4 Å². The molecule has 5 atom stereocenters. The molecule has 14 heteroatoms. The van der Waals surface area contributed by atoms with Crippen LogP contribution < -0.4 is 10.0 Å². The van der Waals surface area contributed by atoms with Crippen molar-refractivity contribution in [1.82, 2.24) is 19.3 Å². The number of furan rings is 1. The number of nitrogens with zero attached hydrogens (tertiary/aromatic N) is 3. The molecule has 0 bridgehead atoms. The number of halogens is 2. The molecule has 0 unspecified atom stereocenters. The van der Waals surface area contributed by atoms with Gasteiger partial charge in [-0.2, -0.15) is 13.1 Å². The first-order chi connectivity index (χ1) is 16.6. The Morgan fingerprint density at radius 2 is 2.17 bits per heavy atom. The van der Waals surface area contributed by atoms with E-state index in [-0.39, 0.29) is 29.1 Å². The Labute approximate surface area is 205 Å². The van der Waals surface area contributed by atoms with E-state index in [9.17, 15) is 22.7 Å². The average molecular weight is 528 g/mol. The van der Waals surface area contributed by atoms with Gasteiger partial charge in [0.25, 0.3) is 0 Å². The second-order valence-electron chi connectivity index (χ2n) is 7.99. The highest BCUT2D eigenvalue weighted by Crippen LogP contribution is 2.31. The number of aliphatic hydroxyl groups excluding tert-OH is 1. The number of carbonyl (C=O) groups excluding carboxylic acids is 1. The van der Waals surface area contributed by atoms with Crippen LogP contribution in [0, 0.1) is 0 Å². The van der Waals surface area contributed by atoms with Gasteiger partial charge < -0.3 is 19.4 Å². The summed E-state index contributed by atoms with van der Waals surface area (Å²) in [6.07, 6.45) is 0.763. The summed E-state index contributed by atoms with van der Waals surface area (Å²) in [4.78, 5) is 21.2. The molecule has 0 aromatic carbocycles. The third-order valence-electron chi connectivity index (χ3n) is 5.79. The highest BCUT2D eigenvalue weighted by atomic mass is 35.5. The van der Waals surface area contributed by atoms with E-state index in [1.54, 1.807) is 35.2 Å². The first kappa shape index (κ1) is 25.3. The molecule has 3 heterocycles. The SMILES string of the molecule is CNS(=O)(=O)O[C@@H]1C[C@@H](Nc2ncncc2C(=O)c2ccn([C@H](C)c3ccc(Cl)o3)c2)[C@@H](F)[C@@H]1O. The van der Waals surface area contributed by atoms with Crippen LogP contribution in [0.15, 0.2) is 47.5 Å². The van der Waals surface area contributed by atoms with Crippen LogP contribution >= 0.6 is 11.6 Å². The molecular formula is C21H23ClFN5O6S. The quantitative estimate of drug-likeness (QED) is 0.355. The Morgan fingerprint density at radius 3 is 2.86 bits per heavy atom. The monoisotopic (exact) mass is 527 g/mol. The number of aliphatic hydroxyl groups is 1. The van der Waals surface area contributed by atoms with E-state index in [1.807, 2.05) is 11.6 Å². The molecule has 3 aromatic rings. The molecule has 0 aliphatic heterocycles. The molecule has 188 valence electrons. The van der Waals surface area contributed by atoms with Gasteiger partial charge in [-0.1, -0.05) is 0 Å². The second kappa shape index (κ2) is 10.0. The van der Waals surface area contributed by atoms with Crippen molar-refractivity contribution in [2.45, 2.75) is 43.8 Å². The molecule has 35 heavy (non-hydrogen) atoms. The summed E-state index contributed by atoms with van der Waals surface area (Å²) in [5, 5.41) is 13.2. The Balaban J connectivity index is 1.52. The highest BCUT2D eigenvalue weighted by molar-refractivity contribution is 7.84. The van der Waals surface area contributed by atoms with Crippen LogP contribution in [0.5, 0.6) is 0 Å². The number of rotatable bonds is 9. The van der Waals surface area contributed by atoms with E-state index in [4.69, 9.17) is 20.2 Å². The van der Waals surface area contributed by atoms with Crippen LogP contribution in [0.4, 0.5) is 10.2 Å². The van der Waals surface area contributed by atoms with E-state index in [0.717, 1.165) is 7.05 Å². The fraction of sp³-hybridized carbons (Fsp3) is 0.381. The van der Waals surface area contributed by atoms with Gasteiger partial charge in [0.2, 0.25) is 0 Å². The van der Waals surface area contributed by atoms with Crippen molar-refractivity contribution in [3.63, 3.8) is 0 Å². The highest BCUT2D eigenvalue weighted by Gasteiger charge is 2.46. The lowest BCUT2D eigenvalue weighted by Crippen LogP contribution is -2.35. The molecule has 0 spiro atoms. The standard InChI is InChI=1S/C21H23ClFN5O6S/c1-11(15-3-4-17(22)33-15)28-6-5-12(9-28)19(29)13-8-25-10-26-21(13)27-14-7-16(20(30)18(14)23)34-35(31,32)24-2/h3-6,8-11,14,16,18,20,24,30H,7H2,1-2H3,(H,25,26,27)/t11-,14-,16-,18-,20-/m1/s1. The minimum absolute atomic E-state index is 0.0422. The van der Waals surface area contributed by atoms with E-state index in [0.29, 0.717) is 11.3 Å². The zero-order valence-electron chi connectivity index (χ0n) is 18.6. The summed E-state index contributed by atoms with van der Waals surface area (Å²) in [7, 11) is -3.00. The van der Waals surface area contributed by atoms with Gasteiger partial charge >= 0.3 is 10.3 Å². The van der Waals surface area contributed by atoms with E-state index < -0.39 is 40.5 Å². The first-order valence-electron chi connectivity index (χ1n) is 10.6. The Kier molecular flexibility index (Phi) is 7.24. The third-order valence-corrected chi connectivity index (χ3v) is 6.99. The van der Waals surface area contributed by atoms with Crippen LogP contribution in [-0.2, 0) is 14.5 Å². The van der Waals surface area contributed by atoms with Crippen molar-refractivity contribution in [2.24, 2.45) is 0 Å². The Morgan fingerprint density at radius 1 is 1.40 bits per heavy atom. The molecule has 1 aliphatic rings. The number of ketones is 1. The van der Waals surface area contributed by atoms with Crippen molar-refractivity contribution >= 4 is 33.5 Å². The molecule has 4 rings (SSSR count). The van der Waals surface area contributed by atoms with Gasteiger partial charge in [-0.05, 0) is 36.7 Å². The summed E-state index contributed by atoms with van der Waals surface area (Å²) in [6.45, 7) is 1.88. The Bertz CT molecular complexity index is 1310. The predicted octanol–water partition coefficient (Wildman–Crippen LogP) is 2.10. The van der Waals surface area contributed by atoms with Gasteiger partial charge in [-0.25, -0.2) is 14.4 Å². The largest absolute Gasteiger partial charge is 0.448 e. The van der Waals surface area contributed by atoms with Crippen LogP contribution in [0.3, 0.4) is 0 Å².